The summed E-state index contributed by atoms with van der Waals surface area (Å²) in [6, 6.07) is 14.7. The predicted octanol–water partition coefficient (Wildman–Crippen LogP) is 3.00. The molecule has 0 bridgehead atoms. The lowest BCUT2D eigenvalue weighted by atomic mass is 10.0. The van der Waals surface area contributed by atoms with E-state index >= 15 is 0 Å². The molecule has 0 aliphatic carbocycles. The van der Waals surface area contributed by atoms with Crippen molar-refractivity contribution in [3.63, 3.8) is 0 Å². The topological polar surface area (TPSA) is 111 Å². The maximum atomic E-state index is 13.9. The lowest BCUT2D eigenvalue weighted by molar-refractivity contribution is -0.143. The van der Waals surface area contributed by atoms with Crippen LogP contribution < -0.4 is 5.32 Å². The van der Waals surface area contributed by atoms with Crippen molar-refractivity contribution in [1.82, 2.24) is 30.4 Å². The Balaban J connectivity index is 1.40. The number of aromatic nitrogens is 4. The van der Waals surface area contributed by atoms with E-state index in [-0.39, 0.29) is 30.6 Å². The highest BCUT2D eigenvalue weighted by molar-refractivity contribution is 5.88. The Bertz CT molecular complexity index is 1250. The fourth-order valence-corrected chi connectivity index (χ4v) is 5.04. The number of rotatable bonds is 10. The Morgan fingerprint density at radius 3 is 2.26 bits per heavy atom. The molecule has 0 radical (unpaired) electrons. The van der Waals surface area contributed by atoms with Crippen LogP contribution in [-0.2, 0) is 25.6 Å². The van der Waals surface area contributed by atoms with Crippen LogP contribution in [0.15, 0.2) is 48.5 Å². The van der Waals surface area contributed by atoms with Crippen LogP contribution in [0.25, 0.3) is 11.4 Å². The Hall–Kier alpha value is -3.63. The van der Waals surface area contributed by atoms with Crippen molar-refractivity contribution in [2.75, 3.05) is 26.3 Å². The average Bonchev–Trinajstić information content (AvgIpc) is 3.72. The highest BCUT2D eigenvalue weighted by Crippen LogP contribution is 2.26. The molecule has 3 aromatic rings. The molecule has 2 amide bonds. The van der Waals surface area contributed by atoms with Crippen molar-refractivity contribution in [3.8, 4) is 11.4 Å². The molecule has 5 rings (SSSR count). The van der Waals surface area contributed by atoms with E-state index in [4.69, 9.17) is 9.47 Å². The van der Waals surface area contributed by atoms with Gasteiger partial charge in [-0.15, -0.1) is 10.2 Å². The van der Waals surface area contributed by atoms with Gasteiger partial charge in [-0.2, -0.15) is 4.80 Å². The van der Waals surface area contributed by atoms with Gasteiger partial charge in [0.25, 0.3) is 0 Å². The van der Waals surface area contributed by atoms with Crippen LogP contribution in [0.3, 0.4) is 0 Å². The lowest BCUT2D eigenvalue weighted by Gasteiger charge is -2.33. The van der Waals surface area contributed by atoms with Crippen LogP contribution >= 0.6 is 0 Å². The van der Waals surface area contributed by atoms with Gasteiger partial charge in [0.05, 0.1) is 12.2 Å². The second kappa shape index (κ2) is 12.5. The van der Waals surface area contributed by atoms with E-state index in [1.165, 1.54) is 4.80 Å². The van der Waals surface area contributed by atoms with Gasteiger partial charge in [-0.25, -0.2) is 0 Å². The first-order valence-electron chi connectivity index (χ1n) is 13.7. The molecule has 3 atom stereocenters. The highest BCUT2D eigenvalue weighted by atomic mass is 16.5. The second-order valence-electron chi connectivity index (χ2n) is 10.4. The molecule has 1 aromatic heterocycles. The SMILES string of the molecule is Cc1ccc(-c2nnn(CC(=O)N(C[C@@H]3CCCO3)[C@H](C(=O)NC[C@@H]3CCCO3)c3ccc(C)cc3)n2)cc1. The maximum Gasteiger partial charge on any atom is 0.247 e. The van der Waals surface area contributed by atoms with Crippen molar-refractivity contribution in [2.24, 2.45) is 0 Å². The monoisotopic (exact) mass is 532 g/mol. The molecule has 0 unspecified atom stereocenters. The van der Waals surface area contributed by atoms with Gasteiger partial charge in [0.2, 0.25) is 17.6 Å². The number of tetrazole rings is 1. The largest absolute Gasteiger partial charge is 0.376 e. The Morgan fingerprint density at radius 2 is 1.62 bits per heavy atom. The summed E-state index contributed by atoms with van der Waals surface area (Å²) in [7, 11) is 0. The van der Waals surface area contributed by atoms with E-state index in [9.17, 15) is 9.59 Å². The number of benzene rings is 2. The van der Waals surface area contributed by atoms with E-state index in [1.807, 2.05) is 62.4 Å². The number of carbonyl (C=O) groups excluding carboxylic acids is 2. The molecule has 2 saturated heterocycles. The standard InChI is InChI=1S/C29H36N6O4/c1-20-7-11-22(12-8-20)27(29(37)30-17-24-5-3-15-38-24)34(18-25-6-4-16-39-25)26(36)19-35-32-28(31-33-35)23-13-9-21(2)10-14-23/h7-14,24-25,27H,3-6,15-19H2,1-2H3,(H,30,37)/t24-,25-,27-/m0/s1. The molecule has 2 aromatic carbocycles. The molecule has 0 spiro atoms. The fraction of sp³-hybridized carbons (Fsp3) is 0.483. The number of ether oxygens (including phenoxy) is 2. The first-order valence-corrected chi connectivity index (χ1v) is 13.7. The number of amides is 2. The van der Waals surface area contributed by atoms with Gasteiger partial charge in [0.1, 0.15) is 12.6 Å². The van der Waals surface area contributed by atoms with Crippen LogP contribution in [0.5, 0.6) is 0 Å². The summed E-state index contributed by atoms with van der Waals surface area (Å²) in [4.78, 5) is 30.5. The number of aryl methyl sites for hydroxylation is 2. The van der Waals surface area contributed by atoms with Crippen molar-refractivity contribution >= 4 is 11.8 Å². The quantitative estimate of drug-likeness (QED) is 0.427. The number of nitrogens with one attached hydrogen (secondary N) is 1. The molecule has 10 heteroatoms. The zero-order chi connectivity index (χ0) is 27.2. The summed E-state index contributed by atoms with van der Waals surface area (Å²) < 4.78 is 11.6. The third-order valence-electron chi connectivity index (χ3n) is 7.27. The summed E-state index contributed by atoms with van der Waals surface area (Å²) in [6.07, 6.45) is 3.52. The summed E-state index contributed by atoms with van der Waals surface area (Å²) in [6.45, 7) is 5.92. The zero-order valence-corrected chi connectivity index (χ0v) is 22.6. The van der Waals surface area contributed by atoms with Crippen molar-refractivity contribution in [1.29, 1.82) is 0 Å². The van der Waals surface area contributed by atoms with Crippen LogP contribution in [0, 0.1) is 13.8 Å². The molecule has 1 N–H and O–H groups in total. The summed E-state index contributed by atoms with van der Waals surface area (Å²) >= 11 is 0. The summed E-state index contributed by atoms with van der Waals surface area (Å²) in [5.41, 5.74) is 3.76. The molecular formula is C29H36N6O4. The van der Waals surface area contributed by atoms with E-state index in [2.05, 4.69) is 20.7 Å². The smallest absolute Gasteiger partial charge is 0.247 e. The van der Waals surface area contributed by atoms with Gasteiger partial charge in [-0.05, 0) is 50.3 Å². The Kier molecular flexibility index (Phi) is 8.63. The van der Waals surface area contributed by atoms with Gasteiger partial charge in [0.15, 0.2) is 0 Å². The number of hydrogen-bond acceptors (Lipinski definition) is 7. The van der Waals surface area contributed by atoms with E-state index < -0.39 is 6.04 Å². The first-order chi connectivity index (χ1) is 19.0. The summed E-state index contributed by atoms with van der Waals surface area (Å²) in [5, 5.41) is 15.8. The van der Waals surface area contributed by atoms with E-state index in [1.54, 1.807) is 4.90 Å². The maximum absolute atomic E-state index is 13.9. The molecule has 10 nitrogen and oxygen atoms in total. The highest BCUT2D eigenvalue weighted by Gasteiger charge is 2.35. The van der Waals surface area contributed by atoms with Crippen molar-refractivity contribution in [2.45, 2.75) is 64.3 Å². The van der Waals surface area contributed by atoms with Gasteiger partial charge in [0, 0.05) is 31.9 Å². The van der Waals surface area contributed by atoms with Crippen LogP contribution in [0.1, 0.15) is 48.4 Å². The average molecular weight is 533 g/mol. The zero-order valence-electron chi connectivity index (χ0n) is 22.6. The van der Waals surface area contributed by atoms with Gasteiger partial charge < -0.3 is 19.7 Å². The van der Waals surface area contributed by atoms with E-state index in [0.29, 0.717) is 32.1 Å². The minimum absolute atomic E-state index is 0.00511. The number of hydrogen-bond donors (Lipinski definition) is 1. The van der Waals surface area contributed by atoms with Crippen molar-refractivity contribution in [3.05, 3.63) is 65.2 Å². The van der Waals surface area contributed by atoms with Crippen LogP contribution in [0.4, 0.5) is 0 Å². The van der Waals surface area contributed by atoms with Gasteiger partial charge in [-0.1, -0.05) is 59.7 Å². The normalized spacial score (nSPS) is 19.6. The Labute approximate surface area is 228 Å². The van der Waals surface area contributed by atoms with Crippen LogP contribution in [-0.4, -0.2) is 75.4 Å². The van der Waals surface area contributed by atoms with Crippen molar-refractivity contribution < 1.29 is 19.1 Å². The Morgan fingerprint density at radius 1 is 0.974 bits per heavy atom. The molecule has 2 aliphatic heterocycles. The number of carbonyl (C=O) groups is 2. The van der Waals surface area contributed by atoms with E-state index in [0.717, 1.165) is 47.9 Å². The van der Waals surface area contributed by atoms with Gasteiger partial charge >= 0.3 is 0 Å². The molecule has 3 heterocycles. The van der Waals surface area contributed by atoms with Crippen LogP contribution in [0.2, 0.25) is 0 Å². The summed E-state index contributed by atoms with van der Waals surface area (Å²) in [5.74, 6) is -0.0818. The fourth-order valence-electron chi connectivity index (χ4n) is 5.04. The molecular weight excluding hydrogens is 496 g/mol. The minimum atomic E-state index is -0.830. The first kappa shape index (κ1) is 27.0. The third-order valence-corrected chi connectivity index (χ3v) is 7.27. The number of nitrogens with zero attached hydrogens (tertiary/aromatic N) is 5. The molecule has 2 fully saturated rings. The molecule has 2 aliphatic rings. The predicted molar refractivity (Wildman–Crippen MR) is 145 cm³/mol. The molecule has 206 valence electrons. The lowest BCUT2D eigenvalue weighted by Crippen LogP contribution is -2.48. The molecule has 0 saturated carbocycles. The molecule has 39 heavy (non-hydrogen) atoms. The third kappa shape index (κ3) is 6.88. The van der Waals surface area contributed by atoms with Gasteiger partial charge in [-0.3, -0.25) is 9.59 Å². The second-order valence-corrected chi connectivity index (χ2v) is 10.4. The minimum Gasteiger partial charge on any atom is -0.376 e.